The Labute approximate surface area is 180 Å². The first-order valence-electron chi connectivity index (χ1n) is 7.68. The van der Waals surface area contributed by atoms with Crippen LogP contribution in [0.3, 0.4) is 0 Å². The Morgan fingerprint density at radius 3 is 2.27 bits per heavy atom. The SMILES string of the molecule is CC(=O)C(N=Nc1cc([N+](=O)[O-])cc(S(=O)(=O)[O-])c1[O-])C([O-])=Nc1ccccc1.[Cr+3]. The van der Waals surface area contributed by atoms with Gasteiger partial charge in [-0.15, -0.1) is 0 Å². The molecule has 0 spiro atoms. The van der Waals surface area contributed by atoms with E-state index < -0.39 is 54.8 Å². The van der Waals surface area contributed by atoms with Crippen molar-refractivity contribution in [3.63, 3.8) is 0 Å². The van der Waals surface area contributed by atoms with Crippen molar-refractivity contribution in [2.24, 2.45) is 15.2 Å². The van der Waals surface area contributed by atoms with Crippen LogP contribution in [-0.4, -0.2) is 35.6 Å². The summed E-state index contributed by atoms with van der Waals surface area (Å²) in [6.45, 7) is 1.00. The number of carbonyl (C=O) groups excluding carboxylic acids is 1. The molecule has 155 valence electrons. The summed E-state index contributed by atoms with van der Waals surface area (Å²) >= 11 is 0. The Morgan fingerprint density at radius 1 is 1.17 bits per heavy atom. The van der Waals surface area contributed by atoms with Gasteiger partial charge in [-0.1, -0.05) is 23.9 Å². The van der Waals surface area contributed by atoms with Gasteiger partial charge in [-0.2, -0.15) is 10.2 Å². The standard InChI is InChI=1S/C16H14N4O8S.Cr/c1-9(21)14(16(23)17-10-5-3-2-4-6-10)19-18-12-7-11(20(24)25)8-13(15(12)22)29(26,27)28;/h2-8,14,22H,1H3,(H,17,23)(H,26,27,28);/q;+3/p-3. The molecule has 0 saturated heterocycles. The molecule has 0 fully saturated rings. The average Bonchev–Trinajstić information content (AvgIpc) is 2.62. The van der Waals surface area contributed by atoms with E-state index >= 15 is 0 Å². The minimum Gasteiger partial charge on any atom is -0.870 e. The van der Waals surface area contributed by atoms with Crippen molar-refractivity contribution >= 4 is 38.9 Å². The quantitative estimate of drug-likeness (QED) is 0.140. The topological polar surface area (TPSA) is 201 Å². The molecule has 0 aliphatic carbocycles. The van der Waals surface area contributed by atoms with Gasteiger partial charge < -0.3 is 14.8 Å². The maximum atomic E-state index is 12.2. The van der Waals surface area contributed by atoms with Crippen molar-refractivity contribution in [1.82, 2.24) is 0 Å². The van der Waals surface area contributed by atoms with Gasteiger partial charge in [0.05, 0.1) is 21.2 Å². The van der Waals surface area contributed by atoms with Crippen LogP contribution in [0.2, 0.25) is 0 Å². The summed E-state index contributed by atoms with van der Waals surface area (Å²) in [6.07, 6.45) is 0. The molecule has 0 aromatic heterocycles. The largest absolute Gasteiger partial charge is 3.00 e. The van der Waals surface area contributed by atoms with Crippen molar-refractivity contribution in [2.45, 2.75) is 17.9 Å². The number of para-hydroxylation sites is 1. The molecule has 0 aliphatic rings. The molecule has 0 saturated carbocycles. The molecule has 0 amide bonds. The van der Waals surface area contributed by atoms with Crippen molar-refractivity contribution in [2.75, 3.05) is 0 Å². The van der Waals surface area contributed by atoms with Crippen LogP contribution in [0.1, 0.15) is 6.92 Å². The van der Waals surface area contributed by atoms with Crippen LogP contribution in [0.25, 0.3) is 0 Å². The summed E-state index contributed by atoms with van der Waals surface area (Å²) in [4.78, 5) is 23.8. The number of rotatable bonds is 7. The number of hydrogen-bond donors (Lipinski definition) is 0. The van der Waals surface area contributed by atoms with Gasteiger partial charge in [0, 0.05) is 12.1 Å². The first kappa shape index (κ1) is 24.9. The fourth-order valence-corrected chi connectivity index (χ4v) is 2.65. The fraction of sp³-hybridized carbons (Fsp3) is 0.125. The molecule has 12 nitrogen and oxygen atoms in total. The fourth-order valence-electron chi connectivity index (χ4n) is 2.05. The van der Waals surface area contributed by atoms with Crippen LogP contribution in [0.15, 0.2) is 62.6 Å². The molecule has 0 aliphatic heterocycles. The van der Waals surface area contributed by atoms with Crippen LogP contribution in [0.4, 0.5) is 17.1 Å². The number of azo groups is 1. The average molecular weight is 471 g/mol. The summed E-state index contributed by atoms with van der Waals surface area (Å²) in [5.74, 6) is -3.28. The van der Waals surface area contributed by atoms with Crippen LogP contribution in [0, 0.1) is 10.1 Å². The molecule has 0 N–H and O–H groups in total. The zero-order valence-electron chi connectivity index (χ0n) is 15.0. The van der Waals surface area contributed by atoms with Gasteiger partial charge in [0.25, 0.3) is 5.69 Å². The minimum atomic E-state index is -5.34. The summed E-state index contributed by atoms with van der Waals surface area (Å²) in [7, 11) is -5.34. The van der Waals surface area contributed by atoms with Crippen LogP contribution < -0.4 is 10.2 Å². The second-order valence-electron chi connectivity index (χ2n) is 5.52. The molecule has 1 radical (unpaired) electrons. The minimum absolute atomic E-state index is 0. The molecule has 0 bridgehead atoms. The van der Waals surface area contributed by atoms with Crippen molar-refractivity contribution < 1.29 is 50.3 Å². The summed E-state index contributed by atoms with van der Waals surface area (Å²) < 4.78 is 33.5. The number of nitro groups is 1. The molecule has 2 aromatic carbocycles. The number of benzene rings is 2. The number of carbonyl (C=O) groups is 1. The third-order valence-electron chi connectivity index (χ3n) is 3.40. The van der Waals surface area contributed by atoms with Gasteiger partial charge in [-0.05, 0) is 25.0 Å². The van der Waals surface area contributed by atoms with Gasteiger partial charge in [-0.25, -0.2) is 8.42 Å². The number of ketones is 1. The molecular weight excluding hydrogens is 460 g/mol. The number of nitro benzene ring substituents is 1. The van der Waals surface area contributed by atoms with Crippen LogP contribution in [0.5, 0.6) is 5.75 Å². The molecule has 2 rings (SSSR count). The van der Waals surface area contributed by atoms with Crippen LogP contribution >= 0.6 is 0 Å². The predicted molar refractivity (Wildman–Crippen MR) is 93.0 cm³/mol. The first-order chi connectivity index (χ1) is 13.5. The smallest absolute Gasteiger partial charge is 0.870 e. The molecule has 0 heterocycles. The Balaban J connectivity index is 0.00000450. The van der Waals surface area contributed by atoms with E-state index in [9.17, 15) is 38.1 Å². The molecule has 14 heteroatoms. The zero-order valence-corrected chi connectivity index (χ0v) is 17.1. The maximum absolute atomic E-state index is 12.2. The monoisotopic (exact) mass is 471 g/mol. The Kier molecular flexibility index (Phi) is 8.31. The molecule has 2 aromatic rings. The normalized spacial score (nSPS) is 12.9. The molecule has 30 heavy (non-hydrogen) atoms. The Hall–Kier alpha value is -3.18. The summed E-state index contributed by atoms with van der Waals surface area (Å²) in [5, 5.41) is 41.9. The number of non-ortho nitro benzene ring substituents is 1. The molecular formula is C16H11CrN4O8S. The number of aliphatic imine (C=N–C) groups is 1. The van der Waals surface area contributed by atoms with Crippen molar-refractivity contribution in [3.05, 3.63) is 52.6 Å². The number of hydrogen-bond acceptors (Lipinski definition) is 11. The van der Waals surface area contributed by atoms with Crippen molar-refractivity contribution in [3.8, 4) is 5.75 Å². The van der Waals surface area contributed by atoms with E-state index in [1.807, 2.05) is 0 Å². The second kappa shape index (κ2) is 10.0. The van der Waals surface area contributed by atoms with E-state index in [0.29, 0.717) is 12.1 Å². The van der Waals surface area contributed by atoms with Gasteiger partial charge in [0.15, 0.2) is 11.8 Å². The third kappa shape index (κ3) is 6.16. The van der Waals surface area contributed by atoms with Gasteiger partial charge >= 0.3 is 17.4 Å². The van der Waals surface area contributed by atoms with Crippen molar-refractivity contribution in [1.29, 1.82) is 0 Å². The third-order valence-corrected chi connectivity index (χ3v) is 4.24. The second-order valence-corrected chi connectivity index (χ2v) is 6.87. The maximum Gasteiger partial charge on any atom is 3.00 e. The van der Waals surface area contributed by atoms with E-state index in [0.717, 1.165) is 6.92 Å². The van der Waals surface area contributed by atoms with Gasteiger partial charge in [0.2, 0.25) is 0 Å². The van der Waals surface area contributed by atoms with E-state index in [-0.39, 0.29) is 23.0 Å². The van der Waals surface area contributed by atoms with E-state index in [1.165, 1.54) is 12.1 Å². The Morgan fingerprint density at radius 2 is 1.77 bits per heavy atom. The summed E-state index contributed by atoms with van der Waals surface area (Å²) in [6, 6.07) is 6.90. The van der Waals surface area contributed by atoms with Gasteiger partial charge in [0.1, 0.15) is 10.1 Å². The molecule has 1 unspecified atom stereocenters. The Bertz CT molecular complexity index is 1120. The molecule has 1 atom stereocenters. The number of nitrogens with zero attached hydrogens (tertiary/aromatic N) is 4. The van der Waals surface area contributed by atoms with Crippen LogP contribution in [-0.2, 0) is 32.3 Å². The predicted octanol–water partition coefficient (Wildman–Crippen LogP) is 0.702. The van der Waals surface area contributed by atoms with E-state index in [2.05, 4.69) is 15.2 Å². The van der Waals surface area contributed by atoms with E-state index in [4.69, 9.17) is 0 Å². The number of Topliss-reactive ketones (excluding diaryl/α,β-unsaturated/α-hetero) is 1. The first-order valence-corrected chi connectivity index (χ1v) is 9.09. The van der Waals surface area contributed by atoms with E-state index in [1.54, 1.807) is 18.2 Å². The zero-order chi connectivity index (χ0) is 21.8. The van der Waals surface area contributed by atoms with Gasteiger partial charge in [-0.3, -0.25) is 19.9 Å². The summed E-state index contributed by atoms with van der Waals surface area (Å²) in [5.41, 5.74) is -1.58.